The number of methoxy groups -OCH3 is 1. The zero-order chi connectivity index (χ0) is 10.9. The van der Waals surface area contributed by atoms with Gasteiger partial charge in [-0.1, -0.05) is 0 Å². The molecule has 1 N–H and O–H groups in total. The van der Waals surface area contributed by atoms with Crippen molar-refractivity contribution >= 4 is 10.0 Å². The summed E-state index contributed by atoms with van der Waals surface area (Å²) in [6.07, 6.45) is 1.88. The summed E-state index contributed by atoms with van der Waals surface area (Å²) >= 11 is 0. The number of benzene rings is 1. The Labute approximate surface area is 89.3 Å². The van der Waals surface area contributed by atoms with Crippen molar-refractivity contribution in [2.45, 2.75) is 23.8 Å². The molecule has 82 valence electrons. The van der Waals surface area contributed by atoms with E-state index in [1.807, 2.05) is 0 Å². The quantitative estimate of drug-likeness (QED) is 0.839. The van der Waals surface area contributed by atoms with Gasteiger partial charge in [-0.05, 0) is 37.1 Å². The smallest absolute Gasteiger partial charge is 0.240 e. The minimum absolute atomic E-state index is 0.136. The van der Waals surface area contributed by atoms with Crippen molar-refractivity contribution in [2.75, 3.05) is 7.11 Å². The summed E-state index contributed by atoms with van der Waals surface area (Å²) in [5.41, 5.74) is 0. The number of nitrogens with one attached hydrogen (secondary N) is 1. The number of sulfonamides is 1. The first-order valence-electron chi connectivity index (χ1n) is 4.78. The average Bonchev–Trinajstić information content (AvgIpc) is 3.01. The molecule has 0 amide bonds. The first-order chi connectivity index (χ1) is 7.12. The molecule has 0 aliphatic heterocycles. The third-order valence-electron chi connectivity index (χ3n) is 2.27. The van der Waals surface area contributed by atoms with Crippen LogP contribution in [-0.2, 0) is 10.0 Å². The van der Waals surface area contributed by atoms with Crippen LogP contribution in [0.4, 0.5) is 0 Å². The lowest BCUT2D eigenvalue weighted by Gasteiger charge is -2.05. The van der Waals surface area contributed by atoms with Gasteiger partial charge >= 0.3 is 0 Å². The molecule has 0 saturated heterocycles. The van der Waals surface area contributed by atoms with Crippen LogP contribution in [0.2, 0.25) is 0 Å². The van der Waals surface area contributed by atoms with Crippen LogP contribution < -0.4 is 9.46 Å². The lowest BCUT2D eigenvalue weighted by atomic mass is 10.3. The molecule has 4 nitrogen and oxygen atoms in total. The molecule has 1 aromatic rings. The zero-order valence-electron chi connectivity index (χ0n) is 8.43. The van der Waals surface area contributed by atoms with E-state index in [9.17, 15) is 8.42 Å². The van der Waals surface area contributed by atoms with Gasteiger partial charge in [-0.3, -0.25) is 0 Å². The molecule has 1 saturated carbocycles. The maximum atomic E-state index is 11.7. The minimum atomic E-state index is -3.33. The van der Waals surface area contributed by atoms with Crippen LogP contribution in [0.15, 0.2) is 29.2 Å². The molecular weight excluding hydrogens is 214 g/mol. The fourth-order valence-corrected chi connectivity index (χ4v) is 2.55. The first kappa shape index (κ1) is 10.4. The molecule has 0 unspecified atom stereocenters. The second-order valence-corrected chi connectivity index (χ2v) is 5.29. The van der Waals surface area contributed by atoms with Gasteiger partial charge in [-0.25, -0.2) is 13.1 Å². The molecule has 0 radical (unpaired) electrons. The van der Waals surface area contributed by atoms with Crippen molar-refractivity contribution < 1.29 is 13.2 Å². The molecule has 2 rings (SSSR count). The Kier molecular flexibility index (Phi) is 2.67. The second kappa shape index (κ2) is 3.83. The van der Waals surface area contributed by atoms with Crippen LogP contribution in [0.1, 0.15) is 12.8 Å². The van der Waals surface area contributed by atoms with Crippen molar-refractivity contribution in [1.82, 2.24) is 4.72 Å². The highest BCUT2D eigenvalue weighted by molar-refractivity contribution is 7.89. The molecule has 1 fully saturated rings. The van der Waals surface area contributed by atoms with E-state index >= 15 is 0 Å². The van der Waals surface area contributed by atoms with Crippen molar-refractivity contribution in [1.29, 1.82) is 0 Å². The Morgan fingerprint density at radius 1 is 1.27 bits per heavy atom. The molecule has 0 bridgehead atoms. The summed E-state index contributed by atoms with van der Waals surface area (Å²) in [4.78, 5) is 0.287. The van der Waals surface area contributed by atoms with Crippen molar-refractivity contribution in [3.63, 3.8) is 0 Å². The summed E-state index contributed by atoms with van der Waals surface area (Å²) in [6, 6.07) is 6.51. The SMILES string of the molecule is COc1ccc(S(=O)(=O)NC2CC2)cc1. The number of hydrogen-bond acceptors (Lipinski definition) is 3. The minimum Gasteiger partial charge on any atom is -0.497 e. The van der Waals surface area contributed by atoms with Gasteiger partial charge in [0, 0.05) is 6.04 Å². The normalized spacial score (nSPS) is 16.3. The van der Waals surface area contributed by atoms with Crippen LogP contribution in [0.3, 0.4) is 0 Å². The van der Waals surface area contributed by atoms with Gasteiger partial charge in [0.05, 0.1) is 12.0 Å². The summed E-state index contributed by atoms with van der Waals surface area (Å²) < 4.78 is 31.0. The predicted molar refractivity (Wildman–Crippen MR) is 56.3 cm³/mol. The van der Waals surface area contributed by atoms with Crippen molar-refractivity contribution in [3.8, 4) is 5.75 Å². The first-order valence-corrected chi connectivity index (χ1v) is 6.26. The molecule has 0 atom stereocenters. The maximum absolute atomic E-state index is 11.7. The van der Waals surface area contributed by atoms with Gasteiger partial charge < -0.3 is 4.74 Å². The van der Waals surface area contributed by atoms with E-state index in [1.54, 1.807) is 31.4 Å². The Balaban J connectivity index is 2.19. The summed E-state index contributed by atoms with van der Waals surface area (Å²) in [5, 5.41) is 0. The van der Waals surface area contributed by atoms with E-state index in [1.165, 1.54) is 0 Å². The number of hydrogen-bond donors (Lipinski definition) is 1. The van der Waals surface area contributed by atoms with Gasteiger partial charge in [-0.15, -0.1) is 0 Å². The van der Waals surface area contributed by atoms with Crippen molar-refractivity contribution in [2.24, 2.45) is 0 Å². The van der Waals surface area contributed by atoms with E-state index in [-0.39, 0.29) is 10.9 Å². The molecule has 0 spiro atoms. The topological polar surface area (TPSA) is 55.4 Å². The average molecular weight is 227 g/mol. The summed E-state index contributed by atoms with van der Waals surface area (Å²) in [6.45, 7) is 0. The highest BCUT2D eigenvalue weighted by Crippen LogP contribution is 2.22. The van der Waals surface area contributed by atoms with E-state index in [4.69, 9.17) is 4.74 Å². The Morgan fingerprint density at radius 3 is 2.33 bits per heavy atom. The molecule has 1 aliphatic carbocycles. The third kappa shape index (κ3) is 2.49. The predicted octanol–water partition coefficient (Wildman–Crippen LogP) is 1.14. The van der Waals surface area contributed by atoms with E-state index < -0.39 is 10.0 Å². The Morgan fingerprint density at radius 2 is 1.87 bits per heavy atom. The van der Waals surface area contributed by atoms with Crippen LogP contribution in [0.25, 0.3) is 0 Å². The van der Waals surface area contributed by atoms with Crippen LogP contribution in [0, 0.1) is 0 Å². The van der Waals surface area contributed by atoms with Crippen LogP contribution >= 0.6 is 0 Å². The highest BCUT2D eigenvalue weighted by Gasteiger charge is 2.27. The molecule has 15 heavy (non-hydrogen) atoms. The van der Waals surface area contributed by atoms with Crippen LogP contribution in [-0.4, -0.2) is 21.6 Å². The summed E-state index contributed by atoms with van der Waals surface area (Å²) in [5.74, 6) is 0.653. The lowest BCUT2D eigenvalue weighted by Crippen LogP contribution is -2.25. The Bertz CT molecular complexity index is 434. The molecule has 1 aromatic carbocycles. The van der Waals surface area contributed by atoms with Gasteiger partial charge in [0.2, 0.25) is 10.0 Å². The lowest BCUT2D eigenvalue weighted by molar-refractivity contribution is 0.414. The van der Waals surface area contributed by atoms with Gasteiger partial charge in [0.15, 0.2) is 0 Å². The molecular formula is C10H13NO3S. The number of ether oxygens (including phenoxy) is 1. The van der Waals surface area contributed by atoms with E-state index in [0.29, 0.717) is 5.75 Å². The largest absolute Gasteiger partial charge is 0.497 e. The maximum Gasteiger partial charge on any atom is 0.240 e. The van der Waals surface area contributed by atoms with Crippen molar-refractivity contribution in [3.05, 3.63) is 24.3 Å². The molecule has 0 aromatic heterocycles. The third-order valence-corrected chi connectivity index (χ3v) is 3.81. The van der Waals surface area contributed by atoms with E-state index in [2.05, 4.69) is 4.72 Å². The van der Waals surface area contributed by atoms with E-state index in [0.717, 1.165) is 12.8 Å². The number of rotatable bonds is 4. The Hall–Kier alpha value is -1.07. The highest BCUT2D eigenvalue weighted by atomic mass is 32.2. The van der Waals surface area contributed by atoms with Gasteiger partial charge in [0.1, 0.15) is 5.75 Å². The van der Waals surface area contributed by atoms with Gasteiger partial charge in [0.25, 0.3) is 0 Å². The molecule has 0 heterocycles. The zero-order valence-corrected chi connectivity index (χ0v) is 9.25. The molecule has 5 heteroatoms. The summed E-state index contributed by atoms with van der Waals surface area (Å²) in [7, 11) is -1.78. The second-order valence-electron chi connectivity index (χ2n) is 3.57. The van der Waals surface area contributed by atoms with Gasteiger partial charge in [-0.2, -0.15) is 0 Å². The fourth-order valence-electron chi connectivity index (χ4n) is 1.24. The molecule has 1 aliphatic rings. The monoisotopic (exact) mass is 227 g/mol. The van der Waals surface area contributed by atoms with Crippen LogP contribution in [0.5, 0.6) is 5.75 Å². The fraction of sp³-hybridized carbons (Fsp3) is 0.400. The standard InChI is InChI=1S/C10H13NO3S/c1-14-9-4-6-10(7-5-9)15(12,13)11-8-2-3-8/h4-8,11H,2-3H2,1H3.